The van der Waals surface area contributed by atoms with Crippen LogP contribution >= 0.6 is 0 Å². The number of carbonyl (C=O) groups excluding carboxylic acids is 1. The lowest BCUT2D eigenvalue weighted by Crippen LogP contribution is -2.25. The molecule has 0 bridgehead atoms. The lowest BCUT2D eigenvalue weighted by molar-refractivity contribution is -0.123. The molecule has 0 aliphatic heterocycles. The number of hydrogen-bond acceptors (Lipinski definition) is 5. The van der Waals surface area contributed by atoms with E-state index < -0.39 is 0 Å². The van der Waals surface area contributed by atoms with E-state index in [1.807, 2.05) is 38.1 Å². The van der Waals surface area contributed by atoms with Crippen LogP contribution in [0.25, 0.3) is 0 Å². The summed E-state index contributed by atoms with van der Waals surface area (Å²) in [5, 5.41) is 4.01. The fourth-order valence-corrected chi connectivity index (χ4v) is 2.63. The van der Waals surface area contributed by atoms with Gasteiger partial charge in [0.05, 0.1) is 19.9 Å². The molecule has 0 fully saturated rings. The Morgan fingerprint density at radius 2 is 1.93 bits per heavy atom. The number of carbonyl (C=O) groups is 1. The first-order valence-corrected chi connectivity index (χ1v) is 9.30. The van der Waals surface area contributed by atoms with Crippen LogP contribution in [0, 0.1) is 6.92 Å². The van der Waals surface area contributed by atoms with Gasteiger partial charge in [-0.05, 0) is 55.2 Å². The van der Waals surface area contributed by atoms with E-state index in [0.717, 1.165) is 16.9 Å². The maximum absolute atomic E-state index is 12.1. The van der Waals surface area contributed by atoms with Crippen LogP contribution < -0.4 is 19.6 Å². The molecule has 150 valence electrons. The summed E-state index contributed by atoms with van der Waals surface area (Å²) in [4.78, 5) is 12.1. The SMILES string of the molecule is CCOc1ccc(OC)cc1C=NNC(=O)COc1cc(C)ccc1C(C)C. The second-order valence-corrected chi connectivity index (χ2v) is 6.61. The van der Waals surface area contributed by atoms with Crippen LogP contribution in [-0.4, -0.2) is 32.4 Å². The van der Waals surface area contributed by atoms with Gasteiger partial charge in [-0.25, -0.2) is 5.43 Å². The molecule has 2 rings (SSSR count). The fraction of sp³-hybridized carbons (Fsp3) is 0.364. The smallest absolute Gasteiger partial charge is 0.277 e. The minimum Gasteiger partial charge on any atom is -0.497 e. The van der Waals surface area contributed by atoms with Crippen molar-refractivity contribution in [3.63, 3.8) is 0 Å². The van der Waals surface area contributed by atoms with Gasteiger partial charge < -0.3 is 14.2 Å². The molecule has 6 heteroatoms. The van der Waals surface area contributed by atoms with Gasteiger partial charge in [0.25, 0.3) is 5.91 Å². The number of methoxy groups -OCH3 is 1. The topological polar surface area (TPSA) is 69.2 Å². The molecule has 0 radical (unpaired) electrons. The highest BCUT2D eigenvalue weighted by molar-refractivity contribution is 5.86. The first kappa shape index (κ1) is 21.3. The van der Waals surface area contributed by atoms with E-state index in [-0.39, 0.29) is 12.5 Å². The third-order valence-corrected chi connectivity index (χ3v) is 4.06. The molecule has 2 aromatic carbocycles. The number of rotatable bonds is 9. The molecule has 1 N–H and O–H groups in total. The van der Waals surface area contributed by atoms with Crippen LogP contribution in [0.15, 0.2) is 41.5 Å². The van der Waals surface area contributed by atoms with Gasteiger partial charge in [0, 0.05) is 5.56 Å². The van der Waals surface area contributed by atoms with Crippen molar-refractivity contribution in [3.05, 3.63) is 53.1 Å². The van der Waals surface area contributed by atoms with E-state index in [4.69, 9.17) is 14.2 Å². The van der Waals surface area contributed by atoms with Crippen molar-refractivity contribution >= 4 is 12.1 Å². The molecular formula is C22H28N2O4. The lowest BCUT2D eigenvalue weighted by Gasteiger charge is -2.14. The van der Waals surface area contributed by atoms with Crippen LogP contribution in [0.3, 0.4) is 0 Å². The number of ether oxygens (including phenoxy) is 3. The number of nitrogens with zero attached hydrogens (tertiary/aromatic N) is 1. The predicted molar refractivity (Wildman–Crippen MR) is 111 cm³/mol. The summed E-state index contributed by atoms with van der Waals surface area (Å²) in [6.45, 7) is 8.49. The molecule has 0 aromatic heterocycles. The first-order chi connectivity index (χ1) is 13.4. The largest absolute Gasteiger partial charge is 0.497 e. The molecule has 1 amide bonds. The van der Waals surface area contributed by atoms with Gasteiger partial charge >= 0.3 is 0 Å². The number of aryl methyl sites for hydroxylation is 1. The fourth-order valence-electron chi connectivity index (χ4n) is 2.63. The van der Waals surface area contributed by atoms with Gasteiger partial charge in [-0.15, -0.1) is 0 Å². The van der Waals surface area contributed by atoms with Crippen molar-refractivity contribution in [2.75, 3.05) is 20.3 Å². The van der Waals surface area contributed by atoms with Gasteiger partial charge in [0.1, 0.15) is 17.2 Å². The zero-order valence-corrected chi connectivity index (χ0v) is 17.1. The van der Waals surface area contributed by atoms with Gasteiger partial charge in [-0.1, -0.05) is 26.0 Å². The average molecular weight is 384 g/mol. The highest BCUT2D eigenvalue weighted by atomic mass is 16.5. The number of hydrogen-bond donors (Lipinski definition) is 1. The Balaban J connectivity index is 1.99. The number of hydrazone groups is 1. The van der Waals surface area contributed by atoms with Crippen LogP contribution in [0.2, 0.25) is 0 Å². The summed E-state index contributed by atoms with van der Waals surface area (Å²) in [6, 6.07) is 11.4. The van der Waals surface area contributed by atoms with Crippen molar-refractivity contribution in [1.82, 2.24) is 5.43 Å². The second kappa shape index (κ2) is 10.3. The first-order valence-electron chi connectivity index (χ1n) is 9.30. The van der Waals surface area contributed by atoms with Crippen LogP contribution in [0.1, 0.15) is 43.4 Å². The Morgan fingerprint density at radius 3 is 2.61 bits per heavy atom. The molecule has 6 nitrogen and oxygen atoms in total. The number of amides is 1. The highest BCUT2D eigenvalue weighted by Crippen LogP contribution is 2.27. The lowest BCUT2D eigenvalue weighted by atomic mass is 10.0. The molecule has 0 atom stereocenters. The van der Waals surface area contributed by atoms with Gasteiger partial charge in [0.15, 0.2) is 6.61 Å². The third-order valence-electron chi connectivity index (χ3n) is 4.06. The van der Waals surface area contributed by atoms with Crippen molar-refractivity contribution in [3.8, 4) is 17.2 Å². The highest BCUT2D eigenvalue weighted by Gasteiger charge is 2.10. The predicted octanol–water partition coefficient (Wildman–Crippen LogP) is 4.05. The molecule has 0 spiro atoms. The van der Waals surface area contributed by atoms with Crippen LogP contribution in [-0.2, 0) is 4.79 Å². The summed E-state index contributed by atoms with van der Waals surface area (Å²) in [6.07, 6.45) is 1.53. The number of benzene rings is 2. The minimum absolute atomic E-state index is 0.114. The quantitative estimate of drug-likeness (QED) is 0.523. The molecule has 0 heterocycles. The summed E-state index contributed by atoms with van der Waals surface area (Å²) < 4.78 is 16.5. The molecule has 2 aromatic rings. The Hall–Kier alpha value is -3.02. The van der Waals surface area contributed by atoms with E-state index >= 15 is 0 Å². The molecule has 0 saturated heterocycles. The number of nitrogens with one attached hydrogen (secondary N) is 1. The molecule has 0 saturated carbocycles. The Bertz CT molecular complexity index is 831. The minimum atomic E-state index is -0.340. The zero-order chi connectivity index (χ0) is 20.5. The maximum Gasteiger partial charge on any atom is 0.277 e. The Morgan fingerprint density at radius 1 is 1.14 bits per heavy atom. The third kappa shape index (κ3) is 6.01. The average Bonchev–Trinajstić information content (AvgIpc) is 2.67. The molecule has 28 heavy (non-hydrogen) atoms. The summed E-state index contributed by atoms with van der Waals surface area (Å²) >= 11 is 0. The Kier molecular flexibility index (Phi) is 7.87. The summed E-state index contributed by atoms with van der Waals surface area (Å²) in [5.41, 5.74) is 5.34. The van der Waals surface area contributed by atoms with Crippen molar-refractivity contribution < 1.29 is 19.0 Å². The van der Waals surface area contributed by atoms with Crippen molar-refractivity contribution in [2.24, 2.45) is 5.10 Å². The molecule has 0 aliphatic carbocycles. The van der Waals surface area contributed by atoms with Gasteiger partial charge in [-0.3, -0.25) is 4.79 Å². The zero-order valence-electron chi connectivity index (χ0n) is 17.1. The van der Waals surface area contributed by atoms with Gasteiger partial charge in [0.2, 0.25) is 0 Å². The van der Waals surface area contributed by atoms with E-state index in [0.29, 0.717) is 29.6 Å². The van der Waals surface area contributed by atoms with E-state index in [1.54, 1.807) is 19.2 Å². The summed E-state index contributed by atoms with van der Waals surface area (Å²) in [5.74, 6) is 2.04. The maximum atomic E-state index is 12.1. The van der Waals surface area contributed by atoms with E-state index in [1.165, 1.54) is 6.21 Å². The molecular weight excluding hydrogens is 356 g/mol. The summed E-state index contributed by atoms with van der Waals surface area (Å²) in [7, 11) is 1.59. The monoisotopic (exact) mass is 384 g/mol. The van der Waals surface area contributed by atoms with E-state index in [9.17, 15) is 4.79 Å². The Labute approximate surface area is 166 Å². The van der Waals surface area contributed by atoms with Crippen LogP contribution in [0.4, 0.5) is 0 Å². The second-order valence-electron chi connectivity index (χ2n) is 6.61. The molecule has 0 unspecified atom stereocenters. The van der Waals surface area contributed by atoms with Gasteiger partial charge in [-0.2, -0.15) is 5.10 Å². The van der Waals surface area contributed by atoms with E-state index in [2.05, 4.69) is 24.4 Å². The van der Waals surface area contributed by atoms with Crippen molar-refractivity contribution in [1.29, 1.82) is 0 Å². The normalized spacial score (nSPS) is 10.9. The standard InChI is InChI=1S/C22H28N2O4/c1-6-27-20-10-8-18(26-5)12-17(20)13-23-24-22(25)14-28-21-11-16(4)7-9-19(21)15(2)3/h7-13,15H,6,14H2,1-5H3,(H,24,25). The molecule has 0 aliphatic rings. The van der Waals surface area contributed by atoms with Crippen molar-refractivity contribution in [2.45, 2.75) is 33.6 Å². The van der Waals surface area contributed by atoms with Crippen LogP contribution in [0.5, 0.6) is 17.2 Å².